The maximum atomic E-state index is 11.6. The van der Waals surface area contributed by atoms with Crippen LogP contribution in [0.3, 0.4) is 0 Å². The van der Waals surface area contributed by atoms with Crippen LogP contribution < -0.4 is 10.6 Å². The molecule has 2 aromatic heterocycles. The van der Waals surface area contributed by atoms with E-state index in [4.69, 9.17) is 4.74 Å². The van der Waals surface area contributed by atoms with E-state index < -0.39 is 0 Å². The van der Waals surface area contributed by atoms with Crippen LogP contribution in [0.5, 0.6) is 0 Å². The van der Waals surface area contributed by atoms with Gasteiger partial charge in [-0.05, 0) is 19.1 Å². The Morgan fingerprint density at radius 2 is 2.14 bits per heavy atom. The Bertz CT molecular complexity index is 589. The Hall–Kier alpha value is -1.34. The molecule has 0 unspecified atom stereocenters. The van der Waals surface area contributed by atoms with Gasteiger partial charge in [0, 0.05) is 25.5 Å². The molecule has 0 spiro atoms. The number of fused-ring (bicyclic) bond motifs is 1. The second kappa shape index (κ2) is 10.4. The van der Waals surface area contributed by atoms with E-state index >= 15 is 0 Å². The summed E-state index contributed by atoms with van der Waals surface area (Å²) in [6.45, 7) is 4.01. The molecule has 0 atom stereocenters. The number of nitrogens with one attached hydrogen (secondary N) is 2. The van der Waals surface area contributed by atoms with Crippen molar-refractivity contribution in [2.75, 3.05) is 26.8 Å². The Kier molecular flexibility index (Phi) is 9.76. The molecule has 0 bridgehead atoms. The summed E-state index contributed by atoms with van der Waals surface area (Å²) >= 11 is 0. The summed E-state index contributed by atoms with van der Waals surface area (Å²) in [6, 6.07) is 5.95. The third-order valence-corrected chi connectivity index (χ3v) is 2.98. The van der Waals surface area contributed by atoms with Gasteiger partial charge in [-0.25, -0.2) is 4.98 Å². The van der Waals surface area contributed by atoms with Gasteiger partial charge in [-0.15, -0.1) is 24.8 Å². The molecule has 2 rings (SSSR count). The highest BCUT2D eigenvalue weighted by Gasteiger charge is 2.05. The van der Waals surface area contributed by atoms with E-state index in [0.717, 1.165) is 17.0 Å². The number of ether oxygens (including phenoxy) is 1. The van der Waals surface area contributed by atoms with Gasteiger partial charge >= 0.3 is 0 Å². The van der Waals surface area contributed by atoms with Gasteiger partial charge < -0.3 is 19.8 Å². The number of aryl methyl sites for hydroxylation is 1. The van der Waals surface area contributed by atoms with E-state index in [1.807, 2.05) is 35.7 Å². The van der Waals surface area contributed by atoms with Gasteiger partial charge in [-0.1, -0.05) is 6.07 Å². The minimum Gasteiger partial charge on any atom is -0.383 e. The number of hydrogen-bond donors (Lipinski definition) is 2. The van der Waals surface area contributed by atoms with Crippen LogP contribution in [0.4, 0.5) is 0 Å². The van der Waals surface area contributed by atoms with Crippen molar-refractivity contribution in [3.05, 3.63) is 35.8 Å². The van der Waals surface area contributed by atoms with Crippen LogP contribution in [-0.2, 0) is 16.1 Å². The van der Waals surface area contributed by atoms with Crippen LogP contribution in [0.25, 0.3) is 5.65 Å². The molecule has 2 aromatic rings. The number of rotatable bonds is 7. The second-order valence-corrected chi connectivity index (χ2v) is 4.57. The number of nitrogens with zero attached hydrogens (tertiary/aromatic N) is 2. The number of halogens is 2. The van der Waals surface area contributed by atoms with Crippen molar-refractivity contribution < 1.29 is 9.53 Å². The van der Waals surface area contributed by atoms with E-state index in [0.29, 0.717) is 19.7 Å². The first kappa shape index (κ1) is 20.7. The molecular formula is C14H22Cl2N4O2. The second-order valence-electron chi connectivity index (χ2n) is 4.57. The fraction of sp³-hybridized carbons (Fsp3) is 0.429. The molecule has 0 radical (unpaired) electrons. The van der Waals surface area contributed by atoms with Gasteiger partial charge in [0.15, 0.2) is 0 Å². The molecule has 0 saturated heterocycles. The summed E-state index contributed by atoms with van der Waals surface area (Å²) in [5.41, 5.74) is 2.87. The largest absolute Gasteiger partial charge is 0.383 e. The topological polar surface area (TPSA) is 67.7 Å². The summed E-state index contributed by atoms with van der Waals surface area (Å²) in [7, 11) is 1.63. The van der Waals surface area contributed by atoms with E-state index in [9.17, 15) is 4.79 Å². The Morgan fingerprint density at radius 3 is 2.82 bits per heavy atom. The van der Waals surface area contributed by atoms with Gasteiger partial charge in [-0.2, -0.15) is 0 Å². The molecule has 0 aromatic carbocycles. The predicted octanol–water partition coefficient (Wildman–Crippen LogP) is 1.34. The SMILES string of the molecule is COCCNCC(=O)NCc1cn2c(C)cccc2n1.Cl.Cl. The number of carbonyl (C=O) groups is 1. The van der Waals surface area contributed by atoms with Gasteiger partial charge in [-0.3, -0.25) is 4.79 Å². The molecule has 0 aliphatic heterocycles. The maximum Gasteiger partial charge on any atom is 0.234 e. The van der Waals surface area contributed by atoms with E-state index in [-0.39, 0.29) is 37.3 Å². The summed E-state index contributed by atoms with van der Waals surface area (Å²) in [5.74, 6) is -0.0464. The van der Waals surface area contributed by atoms with E-state index in [1.165, 1.54) is 0 Å². The Balaban J connectivity index is 0.00000220. The highest BCUT2D eigenvalue weighted by molar-refractivity contribution is 5.85. The van der Waals surface area contributed by atoms with Crippen LogP contribution in [-0.4, -0.2) is 42.1 Å². The molecule has 0 aliphatic carbocycles. The van der Waals surface area contributed by atoms with Gasteiger partial charge in [0.25, 0.3) is 0 Å². The molecular weight excluding hydrogens is 327 g/mol. The highest BCUT2D eigenvalue weighted by Crippen LogP contribution is 2.07. The zero-order valence-corrected chi connectivity index (χ0v) is 14.3. The number of methoxy groups -OCH3 is 1. The molecule has 22 heavy (non-hydrogen) atoms. The number of hydrogen-bond acceptors (Lipinski definition) is 4. The fourth-order valence-corrected chi connectivity index (χ4v) is 1.91. The molecule has 0 saturated carbocycles. The van der Waals surface area contributed by atoms with Crippen molar-refractivity contribution in [2.45, 2.75) is 13.5 Å². The summed E-state index contributed by atoms with van der Waals surface area (Å²) < 4.78 is 6.90. The molecule has 2 heterocycles. The number of amides is 1. The van der Waals surface area contributed by atoms with Gasteiger partial charge in [0.1, 0.15) is 5.65 Å². The maximum absolute atomic E-state index is 11.6. The van der Waals surface area contributed by atoms with Crippen LogP contribution in [0.1, 0.15) is 11.4 Å². The molecule has 6 nitrogen and oxygen atoms in total. The fourth-order valence-electron chi connectivity index (χ4n) is 1.91. The first-order valence-electron chi connectivity index (χ1n) is 6.60. The molecule has 124 valence electrons. The lowest BCUT2D eigenvalue weighted by Gasteiger charge is -2.04. The lowest BCUT2D eigenvalue weighted by Crippen LogP contribution is -2.34. The zero-order valence-electron chi connectivity index (χ0n) is 12.7. The van der Waals surface area contributed by atoms with Crippen molar-refractivity contribution in [3.63, 3.8) is 0 Å². The molecule has 1 amide bonds. The average molecular weight is 349 g/mol. The normalized spacial score (nSPS) is 9.91. The van der Waals surface area contributed by atoms with E-state index in [2.05, 4.69) is 15.6 Å². The minimum absolute atomic E-state index is 0. The molecule has 0 fully saturated rings. The van der Waals surface area contributed by atoms with Crippen molar-refractivity contribution in [1.29, 1.82) is 0 Å². The summed E-state index contributed by atoms with van der Waals surface area (Å²) in [4.78, 5) is 16.1. The number of imidazole rings is 1. The van der Waals surface area contributed by atoms with Gasteiger partial charge in [0.05, 0.1) is 25.4 Å². The highest BCUT2D eigenvalue weighted by atomic mass is 35.5. The molecule has 2 N–H and O–H groups in total. The Labute approximate surface area is 142 Å². The standard InChI is InChI=1S/C14H20N4O2.2ClH/c1-11-4-3-5-13-17-12(10-18(11)13)8-16-14(19)9-15-6-7-20-2;;/h3-5,10,15H,6-9H2,1-2H3,(H,16,19);2*1H. The molecule has 0 aliphatic rings. The lowest BCUT2D eigenvalue weighted by atomic mass is 10.4. The van der Waals surface area contributed by atoms with Crippen molar-refractivity contribution in [1.82, 2.24) is 20.0 Å². The zero-order chi connectivity index (χ0) is 14.4. The third kappa shape index (κ3) is 5.81. The van der Waals surface area contributed by atoms with Gasteiger partial charge in [0.2, 0.25) is 5.91 Å². The van der Waals surface area contributed by atoms with Crippen LogP contribution >= 0.6 is 24.8 Å². The lowest BCUT2D eigenvalue weighted by molar-refractivity contribution is -0.120. The molecule has 8 heteroatoms. The Morgan fingerprint density at radius 1 is 1.36 bits per heavy atom. The van der Waals surface area contributed by atoms with Crippen LogP contribution in [0, 0.1) is 6.92 Å². The average Bonchev–Trinajstić information content (AvgIpc) is 2.86. The quantitative estimate of drug-likeness (QED) is 0.741. The number of carbonyl (C=O) groups excluding carboxylic acids is 1. The minimum atomic E-state index is -0.0464. The van der Waals surface area contributed by atoms with Crippen molar-refractivity contribution in [3.8, 4) is 0 Å². The smallest absolute Gasteiger partial charge is 0.234 e. The summed E-state index contributed by atoms with van der Waals surface area (Å²) in [6.07, 6.45) is 1.95. The monoisotopic (exact) mass is 348 g/mol. The predicted molar refractivity (Wildman–Crippen MR) is 91.0 cm³/mol. The summed E-state index contributed by atoms with van der Waals surface area (Å²) in [5, 5.41) is 5.83. The van der Waals surface area contributed by atoms with Crippen molar-refractivity contribution >= 4 is 36.4 Å². The number of pyridine rings is 1. The van der Waals surface area contributed by atoms with Crippen LogP contribution in [0.15, 0.2) is 24.4 Å². The first-order chi connectivity index (χ1) is 9.70. The van der Waals surface area contributed by atoms with Crippen LogP contribution in [0.2, 0.25) is 0 Å². The number of aromatic nitrogens is 2. The third-order valence-electron chi connectivity index (χ3n) is 2.98. The van der Waals surface area contributed by atoms with Crippen molar-refractivity contribution in [2.24, 2.45) is 0 Å². The van der Waals surface area contributed by atoms with E-state index in [1.54, 1.807) is 7.11 Å². The first-order valence-corrected chi connectivity index (χ1v) is 6.60.